The number of halogens is 2. The lowest BCUT2D eigenvalue weighted by Gasteiger charge is -2.18. The minimum absolute atomic E-state index is 0.118. The molecule has 1 aliphatic heterocycles. The highest BCUT2D eigenvalue weighted by molar-refractivity contribution is 9.10. The molecule has 1 amide bonds. The van der Waals surface area contributed by atoms with E-state index in [-0.39, 0.29) is 18.9 Å². The third-order valence-electron chi connectivity index (χ3n) is 3.31. The largest absolute Gasteiger partial charge is 0.479 e. The maximum atomic E-state index is 13.9. The standard InChI is InChI=1S/C13H13BrFNO3/c1-8-2-3-9(6-10(8)14)11(17)16-5-4-13(15,7-16)12(18)19/h2-3,6H,4-5,7H2,1H3,(H,18,19). The molecular formula is C13H13BrFNO3. The Balaban J connectivity index is 2.18. The molecule has 1 N–H and O–H groups in total. The molecule has 1 atom stereocenters. The number of alkyl halides is 1. The highest BCUT2D eigenvalue weighted by Crippen LogP contribution is 2.28. The van der Waals surface area contributed by atoms with Gasteiger partial charge in [0.1, 0.15) is 0 Å². The number of nitrogens with zero attached hydrogens (tertiary/aromatic N) is 1. The predicted octanol–water partition coefficient (Wildman–Crippen LogP) is 2.40. The quantitative estimate of drug-likeness (QED) is 0.906. The molecular weight excluding hydrogens is 317 g/mol. The highest BCUT2D eigenvalue weighted by atomic mass is 79.9. The van der Waals surface area contributed by atoms with Gasteiger partial charge in [0.15, 0.2) is 0 Å². The average molecular weight is 330 g/mol. The first kappa shape index (κ1) is 14.0. The van der Waals surface area contributed by atoms with E-state index in [0.717, 1.165) is 10.0 Å². The van der Waals surface area contributed by atoms with E-state index < -0.39 is 18.2 Å². The van der Waals surface area contributed by atoms with Crippen molar-refractivity contribution in [1.82, 2.24) is 4.90 Å². The van der Waals surface area contributed by atoms with Gasteiger partial charge >= 0.3 is 5.97 Å². The predicted molar refractivity (Wildman–Crippen MR) is 70.9 cm³/mol. The van der Waals surface area contributed by atoms with E-state index in [4.69, 9.17) is 5.11 Å². The number of aryl methyl sites for hydroxylation is 1. The molecule has 1 aromatic rings. The number of benzene rings is 1. The van der Waals surface area contributed by atoms with Gasteiger partial charge in [0, 0.05) is 23.0 Å². The minimum Gasteiger partial charge on any atom is -0.479 e. The number of rotatable bonds is 2. The zero-order valence-electron chi connectivity index (χ0n) is 10.3. The summed E-state index contributed by atoms with van der Waals surface area (Å²) in [6.45, 7) is 1.62. The topological polar surface area (TPSA) is 57.6 Å². The van der Waals surface area contributed by atoms with Gasteiger partial charge in [0.05, 0.1) is 6.54 Å². The van der Waals surface area contributed by atoms with Crippen molar-refractivity contribution in [3.05, 3.63) is 33.8 Å². The molecule has 1 aromatic carbocycles. The summed E-state index contributed by atoms with van der Waals surface area (Å²) in [5, 5.41) is 8.80. The van der Waals surface area contributed by atoms with E-state index >= 15 is 0 Å². The Kier molecular flexibility index (Phi) is 3.62. The first-order valence-electron chi connectivity index (χ1n) is 5.81. The monoisotopic (exact) mass is 329 g/mol. The van der Waals surface area contributed by atoms with E-state index in [0.29, 0.717) is 5.56 Å². The second-order valence-electron chi connectivity index (χ2n) is 4.71. The molecule has 1 unspecified atom stereocenters. The molecule has 2 rings (SSSR count). The summed E-state index contributed by atoms with van der Waals surface area (Å²) in [4.78, 5) is 24.2. The summed E-state index contributed by atoms with van der Waals surface area (Å²) in [7, 11) is 0. The van der Waals surface area contributed by atoms with Crippen LogP contribution >= 0.6 is 15.9 Å². The van der Waals surface area contributed by atoms with Crippen LogP contribution in [0.3, 0.4) is 0 Å². The number of hydrogen-bond donors (Lipinski definition) is 1. The highest BCUT2D eigenvalue weighted by Gasteiger charge is 2.46. The van der Waals surface area contributed by atoms with Crippen molar-refractivity contribution >= 4 is 27.8 Å². The Labute approximate surface area is 118 Å². The second-order valence-corrected chi connectivity index (χ2v) is 5.57. The number of likely N-dealkylation sites (tertiary alicyclic amines) is 1. The van der Waals surface area contributed by atoms with Crippen LogP contribution in [-0.4, -0.2) is 40.6 Å². The Hall–Kier alpha value is -1.43. The number of carboxylic acid groups (broad SMARTS) is 1. The zero-order valence-corrected chi connectivity index (χ0v) is 11.9. The smallest absolute Gasteiger partial charge is 0.343 e. The molecule has 6 heteroatoms. The van der Waals surface area contributed by atoms with Crippen LogP contribution in [0.1, 0.15) is 22.3 Å². The summed E-state index contributed by atoms with van der Waals surface area (Å²) < 4.78 is 14.7. The Bertz CT molecular complexity index is 549. The molecule has 0 saturated carbocycles. The number of hydrogen-bond acceptors (Lipinski definition) is 2. The first-order chi connectivity index (χ1) is 8.83. The van der Waals surface area contributed by atoms with Gasteiger partial charge in [-0.15, -0.1) is 0 Å². The number of carboxylic acids is 1. The molecule has 1 aliphatic rings. The van der Waals surface area contributed by atoms with Crippen LogP contribution in [0.5, 0.6) is 0 Å². The fourth-order valence-electron chi connectivity index (χ4n) is 2.03. The van der Waals surface area contributed by atoms with Crippen molar-refractivity contribution < 1.29 is 19.1 Å². The van der Waals surface area contributed by atoms with Gasteiger partial charge in [0.2, 0.25) is 5.67 Å². The lowest BCUT2D eigenvalue weighted by atomic mass is 10.1. The van der Waals surface area contributed by atoms with Crippen LogP contribution in [-0.2, 0) is 4.79 Å². The van der Waals surface area contributed by atoms with Gasteiger partial charge in [-0.05, 0) is 24.6 Å². The maximum Gasteiger partial charge on any atom is 0.343 e. The minimum atomic E-state index is -2.32. The average Bonchev–Trinajstić information content (AvgIpc) is 2.76. The normalized spacial score (nSPS) is 22.6. The van der Waals surface area contributed by atoms with Crippen molar-refractivity contribution in [3.63, 3.8) is 0 Å². The molecule has 4 nitrogen and oxygen atoms in total. The van der Waals surface area contributed by atoms with Crippen LogP contribution < -0.4 is 0 Å². The number of carbonyl (C=O) groups is 2. The van der Waals surface area contributed by atoms with Crippen LogP contribution in [0.25, 0.3) is 0 Å². The van der Waals surface area contributed by atoms with Crippen molar-refractivity contribution in [2.75, 3.05) is 13.1 Å². The lowest BCUT2D eigenvalue weighted by molar-refractivity contribution is -0.149. The molecule has 0 aromatic heterocycles. The fourth-order valence-corrected chi connectivity index (χ4v) is 2.41. The second kappa shape index (κ2) is 4.92. The van der Waals surface area contributed by atoms with E-state index in [1.807, 2.05) is 6.92 Å². The van der Waals surface area contributed by atoms with Crippen molar-refractivity contribution in [1.29, 1.82) is 0 Å². The third-order valence-corrected chi connectivity index (χ3v) is 4.16. The summed E-state index contributed by atoms with van der Waals surface area (Å²) in [5.74, 6) is -1.85. The summed E-state index contributed by atoms with van der Waals surface area (Å²) >= 11 is 3.33. The van der Waals surface area contributed by atoms with Gasteiger partial charge in [0.25, 0.3) is 5.91 Å². The molecule has 0 aliphatic carbocycles. The summed E-state index contributed by atoms with van der Waals surface area (Å²) in [6, 6.07) is 5.10. The van der Waals surface area contributed by atoms with Gasteiger partial charge in [-0.3, -0.25) is 4.79 Å². The summed E-state index contributed by atoms with van der Waals surface area (Å²) in [5.41, 5.74) is -0.909. The number of amides is 1. The molecule has 1 fully saturated rings. The van der Waals surface area contributed by atoms with Gasteiger partial charge in [-0.1, -0.05) is 22.0 Å². The SMILES string of the molecule is Cc1ccc(C(=O)N2CCC(F)(C(=O)O)C2)cc1Br. The number of aliphatic carboxylic acids is 1. The van der Waals surface area contributed by atoms with E-state index in [2.05, 4.69) is 15.9 Å². The molecule has 19 heavy (non-hydrogen) atoms. The molecule has 102 valence electrons. The lowest BCUT2D eigenvalue weighted by Crippen LogP contribution is -2.38. The fraction of sp³-hybridized carbons (Fsp3) is 0.385. The van der Waals surface area contributed by atoms with Gasteiger partial charge in [-0.2, -0.15) is 0 Å². The van der Waals surface area contributed by atoms with Crippen LogP contribution in [0.4, 0.5) is 4.39 Å². The third kappa shape index (κ3) is 2.63. The van der Waals surface area contributed by atoms with Gasteiger partial charge in [-0.25, -0.2) is 9.18 Å². The Morgan fingerprint density at radius 2 is 2.16 bits per heavy atom. The molecule has 0 radical (unpaired) electrons. The molecule has 1 heterocycles. The van der Waals surface area contributed by atoms with E-state index in [1.54, 1.807) is 18.2 Å². The molecule has 0 bridgehead atoms. The Morgan fingerprint density at radius 1 is 1.47 bits per heavy atom. The van der Waals surface area contributed by atoms with Crippen molar-refractivity contribution in [3.8, 4) is 0 Å². The molecule has 1 saturated heterocycles. The van der Waals surface area contributed by atoms with Crippen molar-refractivity contribution in [2.45, 2.75) is 19.0 Å². The van der Waals surface area contributed by atoms with Crippen LogP contribution in [0.2, 0.25) is 0 Å². The van der Waals surface area contributed by atoms with Crippen molar-refractivity contribution in [2.24, 2.45) is 0 Å². The van der Waals surface area contributed by atoms with E-state index in [1.165, 1.54) is 4.90 Å². The summed E-state index contributed by atoms with van der Waals surface area (Å²) in [6.07, 6.45) is -0.166. The number of carbonyl (C=O) groups excluding carboxylic acids is 1. The molecule has 0 spiro atoms. The van der Waals surface area contributed by atoms with Gasteiger partial charge < -0.3 is 10.0 Å². The van der Waals surface area contributed by atoms with E-state index in [9.17, 15) is 14.0 Å². The first-order valence-corrected chi connectivity index (χ1v) is 6.60. The maximum absolute atomic E-state index is 13.9. The zero-order chi connectivity index (χ0) is 14.2. The van der Waals surface area contributed by atoms with Crippen LogP contribution in [0, 0.1) is 6.92 Å². The van der Waals surface area contributed by atoms with Crippen LogP contribution in [0.15, 0.2) is 22.7 Å². The Morgan fingerprint density at radius 3 is 2.68 bits per heavy atom.